The molecule has 8 nitrogen and oxygen atoms in total. The van der Waals surface area contributed by atoms with Gasteiger partial charge in [-0.3, -0.25) is 9.59 Å². The molecule has 0 radical (unpaired) electrons. The minimum absolute atomic E-state index is 0.0254. The number of aryl methyl sites for hydroxylation is 1. The highest BCUT2D eigenvalue weighted by molar-refractivity contribution is 9.10. The van der Waals surface area contributed by atoms with E-state index in [1.807, 2.05) is 49.4 Å². The van der Waals surface area contributed by atoms with Crippen LogP contribution >= 0.6 is 15.9 Å². The summed E-state index contributed by atoms with van der Waals surface area (Å²) >= 11 is 3.47. The fraction of sp³-hybridized carbons (Fsp3) is 0.308. The predicted octanol–water partition coefficient (Wildman–Crippen LogP) is 3.62. The van der Waals surface area contributed by atoms with Gasteiger partial charge in [0.2, 0.25) is 5.91 Å². The molecule has 9 heteroatoms. The molecule has 5 rings (SSSR count). The number of pyridine rings is 1. The molecular weight excluding hydrogens is 510 g/mol. The Balaban J connectivity index is 1.30. The Hall–Kier alpha value is -3.30. The molecule has 1 amide bonds. The maximum absolute atomic E-state index is 13.1. The van der Waals surface area contributed by atoms with Gasteiger partial charge in [-0.25, -0.2) is 4.68 Å². The number of fused-ring (bicyclic) bond motifs is 1. The first-order valence-corrected chi connectivity index (χ1v) is 12.4. The lowest BCUT2D eigenvalue weighted by Gasteiger charge is -2.24. The lowest BCUT2D eigenvalue weighted by molar-refractivity contribution is -0.130. The topological polar surface area (TPSA) is 104 Å². The van der Waals surface area contributed by atoms with E-state index >= 15 is 0 Å². The number of H-pyrrole nitrogens is 1. The summed E-state index contributed by atoms with van der Waals surface area (Å²) < 4.78 is 2.66. The number of aromatic amines is 1. The summed E-state index contributed by atoms with van der Waals surface area (Å²) in [6, 6.07) is 15.2. The van der Waals surface area contributed by atoms with Crippen molar-refractivity contribution in [2.75, 3.05) is 13.1 Å². The Morgan fingerprint density at radius 1 is 1.17 bits per heavy atom. The third kappa shape index (κ3) is 4.78. The molecule has 180 valence electrons. The van der Waals surface area contributed by atoms with Crippen LogP contribution in [0.25, 0.3) is 16.6 Å². The normalized spacial score (nSPS) is 18.5. The SMILES string of the molecule is Cc1cc(Br)ccc1-n1cc(C2(O)CCCN(C(=O)Cc3cc4ccccc4[nH]c3=O)CC2)nn1. The average Bonchev–Trinajstić information content (AvgIpc) is 3.23. The summed E-state index contributed by atoms with van der Waals surface area (Å²) in [4.78, 5) is 30.1. The summed E-state index contributed by atoms with van der Waals surface area (Å²) in [6.07, 6.45) is 3.25. The van der Waals surface area contributed by atoms with Crippen molar-refractivity contribution in [2.45, 2.75) is 38.2 Å². The number of likely N-dealkylation sites (tertiary alicyclic amines) is 1. The number of carbonyl (C=O) groups is 1. The number of aliphatic hydroxyl groups is 1. The van der Waals surface area contributed by atoms with Crippen molar-refractivity contribution in [1.82, 2.24) is 24.9 Å². The van der Waals surface area contributed by atoms with E-state index in [1.165, 1.54) is 0 Å². The number of aromatic nitrogens is 4. The van der Waals surface area contributed by atoms with Crippen LogP contribution in [0.1, 0.15) is 36.1 Å². The molecule has 1 aliphatic heterocycles. The molecule has 0 saturated carbocycles. The minimum Gasteiger partial charge on any atom is -0.383 e. The van der Waals surface area contributed by atoms with E-state index in [0.29, 0.717) is 43.6 Å². The highest BCUT2D eigenvalue weighted by Crippen LogP contribution is 2.32. The quantitative estimate of drug-likeness (QED) is 0.415. The van der Waals surface area contributed by atoms with Gasteiger partial charge in [0.25, 0.3) is 5.56 Å². The highest BCUT2D eigenvalue weighted by Gasteiger charge is 2.36. The summed E-state index contributed by atoms with van der Waals surface area (Å²) in [5, 5.41) is 20.8. The first-order chi connectivity index (χ1) is 16.8. The first kappa shape index (κ1) is 23.4. The van der Waals surface area contributed by atoms with E-state index in [9.17, 15) is 14.7 Å². The molecule has 0 bridgehead atoms. The minimum atomic E-state index is -1.17. The molecule has 4 aromatic rings. The van der Waals surface area contributed by atoms with Crippen LogP contribution in [0.3, 0.4) is 0 Å². The van der Waals surface area contributed by atoms with Crippen LogP contribution in [-0.2, 0) is 16.8 Å². The molecule has 1 saturated heterocycles. The Kier molecular flexibility index (Phi) is 6.29. The van der Waals surface area contributed by atoms with Crippen molar-refractivity contribution in [3.05, 3.63) is 86.4 Å². The molecule has 1 atom stereocenters. The van der Waals surface area contributed by atoms with Crippen LogP contribution < -0.4 is 5.56 Å². The Labute approximate surface area is 210 Å². The zero-order valence-electron chi connectivity index (χ0n) is 19.4. The van der Waals surface area contributed by atoms with Gasteiger partial charge >= 0.3 is 0 Å². The second kappa shape index (κ2) is 9.39. The smallest absolute Gasteiger partial charge is 0.252 e. The van der Waals surface area contributed by atoms with Gasteiger partial charge in [-0.05, 0) is 67.5 Å². The fourth-order valence-corrected chi connectivity index (χ4v) is 5.17. The summed E-state index contributed by atoms with van der Waals surface area (Å²) in [5.41, 5.74) is 2.20. The largest absolute Gasteiger partial charge is 0.383 e. The van der Waals surface area contributed by atoms with Gasteiger partial charge in [-0.2, -0.15) is 0 Å². The van der Waals surface area contributed by atoms with Crippen LogP contribution in [0, 0.1) is 6.92 Å². The second-order valence-electron chi connectivity index (χ2n) is 9.13. The second-order valence-corrected chi connectivity index (χ2v) is 10.0. The van der Waals surface area contributed by atoms with Gasteiger partial charge in [-0.15, -0.1) is 5.10 Å². The molecule has 1 fully saturated rings. The number of hydrogen-bond donors (Lipinski definition) is 2. The third-order valence-electron chi connectivity index (χ3n) is 6.71. The molecule has 2 N–H and O–H groups in total. The van der Waals surface area contributed by atoms with Crippen LogP contribution in [-0.4, -0.2) is 49.0 Å². The van der Waals surface area contributed by atoms with Crippen LogP contribution in [0.15, 0.2) is 64.0 Å². The molecule has 2 aromatic carbocycles. The van der Waals surface area contributed by atoms with Gasteiger partial charge in [0.15, 0.2) is 0 Å². The maximum Gasteiger partial charge on any atom is 0.252 e. The summed E-state index contributed by atoms with van der Waals surface area (Å²) in [5.74, 6) is -0.121. The van der Waals surface area contributed by atoms with Gasteiger partial charge in [0.05, 0.1) is 18.3 Å². The van der Waals surface area contributed by atoms with Gasteiger partial charge in [-0.1, -0.05) is 39.3 Å². The number of para-hydroxylation sites is 1. The van der Waals surface area contributed by atoms with Gasteiger partial charge in [0, 0.05) is 28.6 Å². The summed E-state index contributed by atoms with van der Waals surface area (Å²) in [6.45, 7) is 2.89. The molecule has 35 heavy (non-hydrogen) atoms. The Bertz CT molecular complexity index is 1460. The van der Waals surface area contributed by atoms with E-state index in [2.05, 4.69) is 31.2 Å². The molecule has 0 aliphatic carbocycles. The van der Waals surface area contributed by atoms with Gasteiger partial charge in [0.1, 0.15) is 11.3 Å². The van der Waals surface area contributed by atoms with Crippen LogP contribution in [0.5, 0.6) is 0 Å². The molecule has 0 spiro atoms. The van der Waals surface area contributed by atoms with E-state index in [1.54, 1.807) is 21.8 Å². The van der Waals surface area contributed by atoms with Crippen molar-refractivity contribution < 1.29 is 9.90 Å². The zero-order valence-corrected chi connectivity index (χ0v) is 21.0. The standard InChI is InChI=1S/C26H26BrN5O3/c1-17-13-20(27)7-8-22(17)32-16-23(29-30-32)26(35)9-4-11-31(12-10-26)24(33)15-19-14-18-5-2-3-6-21(18)28-25(19)34/h2-3,5-8,13-14,16,35H,4,9-12,15H2,1H3,(H,28,34). The van der Waals surface area contributed by atoms with E-state index < -0.39 is 5.60 Å². The van der Waals surface area contributed by atoms with Crippen molar-refractivity contribution in [3.8, 4) is 5.69 Å². The number of carbonyl (C=O) groups excluding carboxylic acids is 1. The predicted molar refractivity (Wildman–Crippen MR) is 136 cm³/mol. The number of amides is 1. The average molecular weight is 536 g/mol. The third-order valence-corrected chi connectivity index (χ3v) is 7.21. The van der Waals surface area contributed by atoms with Crippen LogP contribution in [0.4, 0.5) is 0 Å². The lowest BCUT2D eigenvalue weighted by atomic mass is 9.92. The molecule has 1 unspecified atom stereocenters. The first-order valence-electron chi connectivity index (χ1n) is 11.6. The number of hydrogen-bond acceptors (Lipinski definition) is 5. The number of rotatable bonds is 4. The zero-order chi connectivity index (χ0) is 24.6. The van der Waals surface area contributed by atoms with E-state index in [4.69, 9.17) is 0 Å². The van der Waals surface area contributed by atoms with Crippen molar-refractivity contribution >= 4 is 32.7 Å². The molecular formula is C26H26BrN5O3. The Morgan fingerprint density at radius 3 is 2.83 bits per heavy atom. The molecule has 1 aliphatic rings. The maximum atomic E-state index is 13.1. The Morgan fingerprint density at radius 2 is 2.00 bits per heavy atom. The van der Waals surface area contributed by atoms with Crippen molar-refractivity contribution in [1.29, 1.82) is 0 Å². The number of halogens is 1. The van der Waals surface area contributed by atoms with Gasteiger partial charge < -0.3 is 15.0 Å². The molecule has 2 aromatic heterocycles. The number of nitrogens with one attached hydrogen (secondary N) is 1. The van der Waals surface area contributed by atoms with E-state index in [0.717, 1.165) is 26.6 Å². The van der Waals surface area contributed by atoms with Crippen molar-refractivity contribution in [3.63, 3.8) is 0 Å². The monoisotopic (exact) mass is 535 g/mol. The highest BCUT2D eigenvalue weighted by atomic mass is 79.9. The number of nitrogens with zero attached hydrogens (tertiary/aromatic N) is 4. The van der Waals surface area contributed by atoms with Crippen LogP contribution in [0.2, 0.25) is 0 Å². The lowest BCUT2D eigenvalue weighted by Crippen LogP contribution is -2.35. The number of benzene rings is 2. The molecule has 3 heterocycles. The van der Waals surface area contributed by atoms with Crippen molar-refractivity contribution in [2.24, 2.45) is 0 Å². The summed E-state index contributed by atoms with van der Waals surface area (Å²) in [7, 11) is 0. The fourth-order valence-electron chi connectivity index (χ4n) is 4.69. The van der Waals surface area contributed by atoms with E-state index in [-0.39, 0.29) is 17.9 Å².